The van der Waals surface area contributed by atoms with Crippen LogP contribution in [0.25, 0.3) is 0 Å². The standard InChI is InChI=1S/C5H13NO7P2.Na/c1-3-5(6-4(2)7,14(8,9)10)15(11,12)13;/h3H2,1-2H3,(H,6,7)(H2,8,9,10)(H2,11,12,13);/q;+1/p-1. The van der Waals surface area contributed by atoms with Crippen molar-refractivity contribution in [3.8, 4) is 0 Å². The van der Waals surface area contributed by atoms with Gasteiger partial charge in [0.1, 0.15) is 0 Å². The molecule has 0 aliphatic carbocycles. The molecule has 11 heteroatoms. The summed E-state index contributed by atoms with van der Waals surface area (Å²) in [6.07, 6.45) is -0.645. The van der Waals surface area contributed by atoms with Gasteiger partial charge in [-0.15, -0.1) is 0 Å². The topological polar surface area (TPSA) is 147 Å². The molecule has 0 spiro atoms. The summed E-state index contributed by atoms with van der Waals surface area (Å²) < 4.78 is 22.0. The Morgan fingerprint density at radius 2 is 1.75 bits per heavy atom. The Kier molecular flexibility index (Phi) is 7.28. The van der Waals surface area contributed by atoms with E-state index in [1.54, 1.807) is 5.32 Å². The average molecular weight is 283 g/mol. The zero-order valence-electron chi connectivity index (χ0n) is 9.08. The van der Waals surface area contributed by atoms with Crippen molar-refractivity contribution in [2.24, 2.45) is 0 Å². The van der Waals surface area contributed by atoms with Crippen molar-refractivity contribution in [2.45, 2.75) is 25.3 Å². The third kappa shape index (κ3) is 3.91. The van der Waals surface area contributed by atoms with Gasteiger partial charge < -0.3 is 29.5 Å². The van der Waals surface area contributed by atoms with Crippen LogP contribution >= 0.6 is 15.2 Å². The van der Waals surface area contributed by atoms with Crippen molar-refractivity contribution >= 4 is 21.1 Å². The Bertz CT molecular complexity index is 325. The Balaban J connectivity index is 0. The normalized spacial score (nSPS) is 18.9. The van der Waals surface area contributed by atoms with Crippen LogP contribution in [0.1, 0.15) is 20.3 Å². The van der Waals surface area contributed by atoms with Crippen LogP contribution in [0.4, 0.5) is 0 Å². The number of carbonyl (C=O) groups excluding carboxylic acids is 1. The molecule has 0 bridgehead atoms. The summed E-state index contributed by atoms with van der Waals surface area (Å²) in [6.45, 7) is 2.01. The first-order valence-corrected chi connectivity index (χ1v) is 7.05. The predicted octanol–water partition coefficient (Wildman–Crippen LogP) is -4.09. The quantitative estimate of drug-likeness (QED) is 0.303. The Morgan fingerprint density at radius 1 is 1.38 bits per heavy atom. The van der Waals surface area contributed by atoms with Crippen LogP contribution in [0, 0.1) is 0 Å². The third-order valence-electron chi connectivity index (χ3n) is 1.82. The van der Waals surface area contributed by atoms with Crippen LogP contribution in [-0.2, 0) is 13.9 Å². The minimum absolute atomic E-state index is 0. The molecule has 4 N–H and O–H groups in total. The second-order valence-electron chi connectivity index (χ2n) is 2.92. The molecule has 2 atom stereocenters. The van der Waals surface area contributed by atoms with Gasteiger partial charge in [0.25, 0.3) is 0 Å². The summed E-state index contributed by atoms with van der Waals surface area (Å²) in [5, 5.41) is -1.34. The zero-order chi connectivity index (χ0) is 12.5. The molecule has 90 valence electrons. The number of hydrogen-bond acceptors (Lipinski definition) is 4. The van der Waals surface area contributed by atoms with Gasteiger partial charge in [-0.3, -0.25) is 9.36 Å². The molecule has 0 radical (unpaired) electrons. The maximum atomic E-state index is 11.0. The van der Waals surface area contributed by atoms with E-state index in [2.05, 4.69) is 0 Å². The first-order chi connectivity index (χ1) is 6.48. The summed E-state index contributed by atoms with van der Waals surface area (Å²) in [7, 11) is -10.7. The van der Waals surface area contributed by atoms with Gasteiger partial charge in [0.05, 0.1) is 0 Å². The van der Waals surface area contributed by atoms with Crippen LogP contribution in [0.15, 0.2) is 0 Å². The van der Waals surface area contributed by atoms with E-state index >= 15 is 0 Å². The van der Waals surface area contributed by atoms with Crippen LogP contribution in [0.3, 0.4) is 0 Å². The van der Waals surface area contributed by atoms with Gasteiger partial charge in [0, 0.05) is 6.92 Å². The van der Waals surface area contributed by atoms with Crippen molar-refractivity contribution in [3.63, 3.8) is 0 Å². The molecule has 16 heavy (non-hydrogen) atoms. The maximum absolute atomic E-state index is 11.0. The predicted molar refractivity (Wildman–Crippen MR) is 48.7 cm³/mol. The van der Waals surface area contributed by atoms with Crippen LogP contribution < -0.4 is 39.8 Å². The Labute approximate surface area is 114 Å². The van der Waals surface area contributed by atoms with E-state index in [9.17, 15) is 18.8 Å². The first kappa shape index (κ1) is 19.1. The molecular formula is C5H12NNaO7P2. The number of rotatable bonds is 4. The van der Waals surface area contributed by atoms with Crippen LogP contribution in [0.5, 0.6) is 0 Å². The molecule has 0 rings (SSSR count). The molecule has 0 saturated heterocycles. The van der Waals surface area contributed by atoms with Crippen molar-refractivity contribution in [3.05, 3.63) is 0 Å². The molecule has 0 aromatic carbocycles. The number of carbonyl (C=O) groups is 1. The second kappa shape index (κ2) is 6.09. The van der Waals surface area contributed by atoms with Crippen molar-refractivity contribution in [2.75, 3.05) is 0 Å². The summed E-state index contributed by atoms with van der Waals surface area (Å²) in [5.74, 6) is -0.967. The van der Waals surface area contributed by atoms with Gasteiger partial charge in [0.2, 0.25) is 10.9 Å². The third-order valence-corrected chi connectivity index (χ3v) is 6.11. The van der Waals surface area contributed by atoms with Crippen LogP contribution in [0.2, 0.25) is 0 Å². The van der Waals surface area contributed by atoms with Gasteiger partial charge in [0.15, 0.2) is 7.60 Å². The monoisotopic (exact) mass is 283 g/mol. The van der Waals surface area contributed by atoms with Crippen molar-refractivity contribution in [1.82, 2.24) is 5.32 Å². The van der Waals surface area contributed by atoms with Gasteiger partial charge >= 0.3 is 37.2 Å². The zero-order valence-corrected chi connectivity index (χ0v) is 12.9. The van der Waals surface area contributed by atoms with Gasteiger partial charge in [-0.1, -0.05) is 6.92 Å². The Hall–Kier alpha value is 0.770. The molecule has 0 heterocycles. The van der Waals surface area contributed by atoms with E-state index in [1.807, 2.05) is 0 Å². The fraction of sp³-hybridized carbons (Fsp3) is 0.800. The molecule has 0 saturated carbocycles. The molecule has 1 amide bonds. The smallest absolute Gasteiger partial charge is 0.777 e. The molecule has 0 aliphatic heterocycles. The number of nitrogens with one attached hydrogen (secondary N) is 1. The molecule has 0 aromatic rings. The molecule has 2 unspecified atom stereocenters. The van der Waals surface area contributed by atoms with E-state index in [0.717, 1.165) is 13.8 Å². The van der Waals surface area contributed by atoms with Crippen LogP contribution in [-0.4, -0.2) is 25.6 Å². The summed E-state index contributed by atoms with van der Waals surface area (Å²) >= 11 is 0. The van der Waals surface area contributed by atoms with E-state index < -0.39 is 32.5 Å². The first-order valence-electron chi connectivity index (χ1n) is 3.86. The molecule has 8 nitrogen and oxygen atoms in total. The molecule has 0 fully saturated rings. The molecule has 0 aromatic heterocycles. The second-order valence-corrected chi connectivity index (χ2v) is 6.92. The maximum Gasteiger partial charge on any atom is 1.00 e. The minimum atomic E-state index is -5.43. The van der Waals surface area contributed by atoms with E-state index in [1.165, 1.54) is 0 Å². The SMILES string of the molecule is CCC(NC(C)=O)(P(=O)([O-])O)P(=O)(O)O.[Na+]. The summed E-state index contributed by atoms with van der Waals surface area (Å²) in [5.41, 5.74) is 0. The largest absolute Gasteiger partial charge is 1.00 e. The Morgan fingerprint density at radius 3 is 1.81 bits per heavy atom. The van der Waals surface area contributed by atoms with E-state index in [-0.39, 0.29) is 29.6 Å². The average Bonchev–Trinajstić information content (AvgIpc) is 1.94. The number of amides is 1. The molecule has 0 aliphatic rings. The molecular weight excluding hydrogens is 271 g/mol. The van der Waals surface area contributed by atoms with E-state index in [4.69, 9.17) is 14.7 Å². The van der Waals surface area contributed by atoms with Gasteiger partial charge in [-0.2, -0.15) is 0 Å². The fourth-order valence-corrected chi connectivity index (χ4v) is 3.81. The summed E-state index contributed by atoms with van der Waals surface area (Å²) in [4.78, 5) is 48.2. The van der Waals surface area contributed by atoms with Gasteiger partial charge in [-0.05, 0) is 6.42 Å². The minimum Gasteiger partial charge on any atom is -0.777 e. The van der Waals surface area contributed by atoms with Crippen molar-refractivity contribution < 1.29 is 63.1 Å². The summed E-state index contributed by atoms with van der Waals surface area (Å²) in [6, 6.07) is 0. The van der Waals surface area contributed by atoms with E-state index in [0.29, 0.717) is 0 Å². The van der Waals surface area contributed by atoms with Crippen molar-refractivity contribution in [1.29, 1.82) is 0 Å². The van der Waals surface area contributed by atoms with Gasteiger partial charge in [-0.25, -0.2) is 0 Å². The fourth-order valence-electron chi connectivity index (χ4n) is 1.08. The number of hydrogen-bond donors (Lipinski definition) is 4.